The van der Waals surface area contributed by atoms with Gasteiger partial charge in [-0.25, -0.2) is 0 Å². The molecule has 160 valence electrons. The van der Waals surface area contributed by atoms with E-state index in [1.54, 1.807) is 34.6 Å². The summed E-state index contributed by atoms with van der Waals surface area (Å²) in [6, 6.07) is 4.22. The molecule has 8 nitrogen and oxygen atoms in total. The molecule has 2 N–H and O–H groups in total. The van der Waals surface area contributed by atoms with Crippen LogP contribution in [0.25, 0.3) is 0 Å². The fraction of sp³-hybridized carbons (Fsp3) is 0.611. The van der Waals surface area contributed by atoms with Crippen molar-refractivity contribution in [3.05, 3.63) is 23.8 Å². The Labute approximate surface area is 166 Å². The Balaban J connectivity index is 3.45. The topological polar surface area (TPSA) is 119 Å². The molecule has 0 aliphatic rings. The quantitative estimate of drug-likeness (QED) is 0.465. The van der Waals surface area contributed by atoms with E-state index in [4.69, 9.17) is 18.7 Å². The first-order chi connectivity index (χ1) is 12.9. The normalized spacial score (nSPS) is 14.6. The molecule has 0 saturated heterocycles. The third-order valence-electron chi connectivity index (χ3n) is 4.04. The van der Waals surface area contributed by atoms with Gasteiger partial charge in [-0.3, -0.25) is 13.9 Å². The first-order valence-corrected chi connectivity index (χ1v) is 12.6. The molecular formula is C18H30O8P2. The Kier molecular flexibility index (Phi) is 8.92. The molecule has 1 rings (SSSR count). The maximum atomic E-state index is 13.6. The number of aromatic hydroxyl groups is 1. The van der Waals surface area contributed by atoms with E-state index in [0.717, 1.165) is 0 Å². The lowest BCUT2D eigenvalue weighted by Crippen LogP contribution is -2.24. The van der Waals surface area contributed by atoms with Crippen molar-refractivity contribution >= 4 is 26.2 Å². The van der Waals surface area contributed by atoms with E-state index in [1.165, 1.54) is 18.2 Å². The molecule has 0 amide bonds. The minimum absolute atomic E-state index is 0.101. The van der Waals surface area contributed by atoms with Crippen molar-refractivity contribution in [3.8, 4) is 5.75 Å². The van der Waals surface area contributed by atoms with Gasteiger partial charge in [0.15, 0.2) is 0 Å². The molecule has 10 heteroatoms. The standard InChI is InChI=1S/C18H30O8P2/c1-6-24-27(22,13-28(23,25-7-2)26-8-3)14-9-10-16(19)15(11-14)18(4,5)12-17(20)21/h9-11,19H,6-8,12-13H2,1-5H3,(H,20,21). The molecule has 0 fully saturated rings. The summed E-state index contributed by atoms with van der Waals surface area (Å²) in [5.74, 6) is -1.59. The molecule has 0 bridgehead atoms. The number of hydrogen-bond donors (Lipinski definition) is 2. The van der Waals surface area contributed by atoms with Crippen molar-refractivity contribution in [1.29, 1.82) is 0 Å². The van der Waals surface area contributed by atoms with Crippen LogP contribution in [0.15, 0.2) is 18.2 Å². The zero-order valence-corrected chi connectivity index (χ0v) is 18.8. The Morgan fingerprint density at radius 1 is 1.04 bits per heavy atom. The van der Waals surface area contributed by atoms with Gasteiger partial charge in [0.2, 0.25) is 7.37 Å². The fourth-order valence-corrected chi connectivity index (χ4v) is 8.41. The van der Waals surface area contributed by atoms with Crippen LogP contribution in [0, 0.1) is 0 Å². The van der Waals surface area contributed by atoms with Gasteiger partial charge in [0.25, 0.3) is 0 Å². The maximum Gasteiger partial charge on any atom is 0.340 e. The minimum atomic E-state index is -3.67. The van der Waals surface area contributed by atoms with Crippen molar-refractivity contribution in [2.75, 3.05) is 25.7 Å². The smallest absolute Gasteiger partial charge is 0.340 e. The number of benzene rings is 1. The number of aliphatic carboxylic acids is 1. The number of carboxylic acid groups (broad SMARTS) is 1. The van der Waals surface area contributed by atoms with Crippen LogP contribution in [0.1, 0.15) is 46.6 Å². The Hall–Kier alpha value is -1.17. The maximum absolute atomic E-state index is 13.6. The van der Waals surface area contributed by atoms with E-state index in [2.05, 4.69) is 0 Å². The zero-order chi connectivity index (χ0) is 21.6. The highest BCUT2D eigenvalue weighted by atomic mass is 31.2. The number of carbonyl (C=O) groups is 1. The Bertz CT molecular complexity index is 765. The van der Waals surface area contributed by atoms with Crippen LogP contribution in [0.5, 0.6) is 5.75 Å². The molecule has 0 saturated carbocycles. The molecule has 0 aromatic heterocycles. The van der Waals surface area contributed by atoms with Crippen molar-refractivity contribution in [1.82, 2.24) is 0 Å². The molecule has 0 aliphatic carbocycles. The van der Waals surface area contributed by atoms with Crippen LogP contribution in [0.4, 0.5) is 0 Å². The van der Waals surface area contributed by atoms with Crippen LogP contribution < -0.4 is 5.30 Å². The van der Waals surface area contributed by atoms with Gasteiger partial charge in [-0.15, -0.1) is 0 Å². The van der Waals surface area contributed by atoms with Crippen molar-refractivity contribution in [3.63, 3.8) is 0 Å². The first-order valence-electron chi connectivity index (χ1n) is 9.10. The average molecular weight is 436 g/mol. The van der Waals surface area contributed by atoms with Crippen LogP contribution in [0.2, 0.25) is 0 Å². The van der Waals surface area contributed by atoms with E-state index in [-0.39, 0.29) is 37.3 Å². The van der Waals surface area contributed by atoms with Gasteiger partial charge in [0.1, 0.15) is 11.7 Å². The van der Waals surface area contributed by atoms with E-state index in [0.29, 0.717) is 5.56 Å². The van der Waals surface area contributed by atoms with E-state index in [9.17, 15) is 19.0 Å². The minimum Gasteiger partial charge on any atom is -0.508 e. The Morgan fingerprint density at radius 3 is 2.04 bits per heavy atom. The van der Waals surface area contributed by atoms with Gasteiger partial charge in [-0.05, 0) is 39.0 Å². The van der Waals surface area contributed by atoms with Gasteiger partial charge >= 0.3 is 13.6 Å². The highest BCUT2D eigenvalue weighted by molar-refractivity contribution is 7.78. The molecule has 1 aromatic rings. The molecule has 0 aliphatic heterocycles. The zero-order valence-electron chi connectivity index (χ0n) is 17.0. The summed E-state index contributed by atoms with van der Waals surface area (Å²) in [5.41, 5.74) is -0.609. The summed E-state index contributed by atoms with van der Waals surface area (Å²) in [6.45, 7) is 8.65. The van der Waals surface area contributed by atoms with Crippen molar-refractivity contribution in [2.24, 2.45) is 0 Å². The second-order valence-electron chi connectivity index (χ2n) is 6.83. The van der Waals surface area contributed by atoms with Crippen molar-refractivity contribution < 1.29 is 37.7 Å². The van der Waals surface area contributed by atoms with E-state index in [1.807, 2.05) is 0 Å². The lowest BCUT2D eigenvalue weighted by Gasteiger charge is -2.27. The third-order valence-corrected chi connectivity index (χ3v) is 9.96. The third kappa shape index (κ3) is 6.43. The highest BCUT2D eigenvalue weighted by Gasteiger charge is 2.39. The predicted molar refractivity (Wildman–Crippen MR) is 108 cm³/mol. The van der Waals surface area contributed by atoms with Gasteiger partial charge in [-0.1, -0.05) is 13.8 Å². The van der Waals surface area contributed by atoms with Crippen LogP contribution in [-0.4, -0.2) is 41.9 Å². The lowest BCUT2D eigenvalue weighted by atomic mass is 9.81. The van der Waals surface area contributed by atoms with Gasteiger partial charge < -0.3 is 23.8 Å². The summed E-state index contributed by atoms with van der Waals surface area (Å²) >= 11 is 0. The summed E-state index contributed by atoms with van der Waals surface area (Å²) in [5, 5.41) is 19.6. The summed E-state index contributed by atoms with van der Waals surface area (Å²) in [7, 11) is -7.35. The monoisotopic (exact) mass is 436 g/mol. The average Bonchev–Trinajstić information content (AvgIpc) is 2.54. The van der Waals surface area contributed by atoms with E-state index >= 15 is 0 Å². The number of carboxylic acids is 1. The number of rotatable bonds is 12. The predicted octanol–water partition coefficient (Wildman–Crippen LogP) is 4.31. The van der Waals surface area contributed by atoms with Gasteiger partial charge in [0, 0.05) is 16.3 Å². The highest BCUT2D eigenvalue weighted by Crippen LogP contribution is 2.63. The first kappa shape index (κ1) is 24.9. The van der Waals surface area contributed by atoms with E-state index < -0.39 is 32.3 Å². The van der Waals surface area contributed by atoms with Crippen LogP contribution in [-0.2, 0) is 32.9 Å². The molecule has 0 heterocycles. The summed E-state index contributed by atoms with van der Waals surface area (Å²) in [6.07, 6.45) is -0.237. The van der Waals surface area contributed by atoms with Gasteiger partial charge in [0.05, 0.1) is 26.2 Å². The van der Waals surface area contributed by atoms with Crippen LogP contribution in [0.3, 0.4) is 0 Å². The molecular weight excluding hydrogens is 406 g/mol. The molecule has 0 radical (unpaired) electrons. The summed E-state index contributed by atoms with van der Waals surface area (Å²) < 4.78 is 42.6. The summed E-state index contributed by atoms with van der Waals surface area (Å²) in [4.78, 5) is 11.2. The van der Waals surface area contributed by atoms with Crippen LogP contribution >= 0.6 is 15.0 Å². The molecule has 1 aromatic carbocycles. The largest absolute Gasteiger partial charge is 0.508 e. The molecule has 28 heavy (non-hydrogen) atoms. The molecule has 1 unspecified atom stereocenters. The molecule has 1 atom stereocenters. The molecule has 0 spiro atoms. The van der Waals surface area contributed by atoms with Gasteiger partial charge in [-0.2, -0.15) is 0 Å². The SMILES string of the molecule is CCOP(=O)(CP(=O)(OCC)c1ccc(O)c(C(C)(C)CC(=O)O)c1)OCC. The Morgan fingerprint density at radius 2 is 1.57 bits per heavy atom. The fourth-order valence-electron chi connectivity index (χ4n) is 2.90. The lowest BCUT2D eigenvalue weighted by molar-refractivity contribution is -0.138. The van der Waals surface area contributed by atoms with Crippen molar-refractivity contribution in [2.45, 2.75) is 46.5 Å². The number of phenolic OH excluding ortho intramolecular Hbond substituents is 1. The number of phenols is 1. The second-order valence-corrected chi connectivity index (χ2v) is 11.8. The second kappa shape index (κ2) is 10.0. The number of hydrogen-bond acceptors (Lipinski definition) is 7.